The quantitative estimate of drug-likeness (QED) is 0.798. The van der Waals surface area contributed by atoms with Crippen molar-refractivity contribution in [3.63, 3.8) is 0 Å². The van der Waals surface area contributed by atoms with Crippen molar-refractivity contribution < 1.29 is 0 Å². The van der Waals surface area contributed by atoms with E-state index in [2.05, 4.69) is 53.0 Å². The summed E-state index contributed by atoms with van der Waals surface area (Å²) in [5.41, 5.74) is 1.13. The summed E-state index contributed by atoms with van der Waals surface area (Å²) in [7, 11) is 2.19. The molecule has 3 rings (SSSR count). The molecule has 4 heteroatoms. The highest BCUT2D eigenvalue weighted by atomic mass is 79.9. The molecule has 1 fully saturated rings. The molecule has 0 spiro atoms. The van der Waals surface area contributed by atoms with E-state index in [1.807, 2.05) is 11.3 Å². The van der Waals surface area contributed by atoms with Crippen molar-refractivity contribution >= 4 is 37.5 Å². The summed E-state index contributed by atoms with van der Waals surface area (Å²) in [6.45, 7) is 4.66. The van der Waals surface area contributed by atoms with Gasteiger partial charge in [0.25, 0.3) is 0 Å². The second kappa shape index (κ2) is 4.34. The van der Waals surface area contributed by atoms with Gasteiger partial charge in [-0.25, -0.2) is 4.98 Å². The molecule has 1 aliphatic rings. The number of nitrogens with zero attached hydrogens (tertiary/aromatic N) is 2. The summed E-state index contributed by atoms with van der Waals surface area (Å²) in [5.74, 6) is 1.32. The van der Waals surface area contributed by atoms with E-state index in [0.717, 1.165) is 16.5 Å². The molecule has 0 saturated carbocycles. The number of thiazole rings is 1. The third kappa shape index (κ3) is 2.14. The summed E-state index contributed by atoms with van der Waals surface area (Å²) >= 11 is 5.35. The molecule has 1 saturated heterocycles. The molecule has 1 aromatic carbocycles. The molecular formula is C13H15BrN2S. The molecule has 1 aromatic heterocycles. The van der Waals surface area contributed by atoms with Crippen LogP contribution in [-0.2, 0) is 0 Å². The van der Waals surface area contributed by atoms with Gasteiger partial charge in [0.2, 0.25) is 0 Å². The van der Waals surface area contributed by atoms with Crippen molar-refractivity contribution in [2.45, 2.75) is 12.8 Å². The third-order valence-electron chi connectivity index (χ3n) is 3.48. The van der Waals surface area contributed by atoms with E-state index in [4.69, 9.17) is 4.98 Å². The number of halogens is 1. The zero-order valence-corrected chi connectivity index (χ0v) is 12.4. The minimum absolute atomic E-state index is 0.608. The second-order valence-electron chi connectivity index (χ2n) is 4.97. The van der Waals surface area contributed by atoms with Gasteiger partial charge in [-0.3, -0.25) is 0 Å². The number of rotatable bonds is 1. The van der Waals surface area contributed by atoms with E-state index in [1.165, 1.54) is 16.3 Å². The van der Waals surface area contributed by atoms with Crippen molar-refractivity contribution in [3.8, 4) is 0 Å². The molecule has 0 amide bonds. The lowest BCUT2D eigenvalue weighted by Crippen LogP contribution is -2.13. The molecule has 0 bridgehead atoms. The Bertz CT molecular complexity index is 551. The predicted molar refractivity (Wildman–Crippen MR) is 76.7 cm³/mol. The number of likely N-dealkylation sites (tertiary alicyclic amines) is 1. The van der Waals surface area contributed by atoms with Crippen molar-refractivity contribution in [2.75, 3.05) is 20.1 Å². The van der Waals surface area contributed by atoms with Gasteiger partial charge in [0.05, 0.1) is 15.2 Å². The van der Waals surface area contributed by atoms with Crippen LogP contribution in [0.1, 0.15) is 17.8 Å². The first kappa shape index (κ1) is 11.6. The molecule has 2 heterocycles. The molecule has 0 N–H and O–H groups in total. The molecule has 0 radical (unpaired) electrons. The fourth-order valence-corrected chi connectivity index (χ4v) is 4.13. The van der Waals surface area contributed by atoms with Gasteiger partial charge in [0.15, 0.2) is 0 Å². The zero-order valence-electron chi connectivity index (χ0n) is 9.98. The van der Waals surface area contributed by atoms with E-state index >= 15 is 0 Å². The SMILES string of the molecule is C[C@@H]1CN(C)C[C@H]1c1nc2cc(Br)ccc2s1. The first-order chi connectivity index (χ1) is 8.13. The Balaban J connectivity index is 2.01. The summed E-state index contributed by atoms with van der Waals surface area (Å²) < 4.78 is 2.41. The Morgan fingerprint density at radius 3 is 2.94 bits per heavy atom. The van der Waals surface area contributed by atoms with Crippen LogP contribution in [0.15, 0.2) is 22.7 Å². The Hall–Kier alpha value is -0.450. The largest absolute Gasteiger partial charge is 0.305 e. The molecule has 90 valence electrons. The van der Waals surface area contributed by atoms with E-state index in [-0.39, 0.29) is 0 Å². The third-order valence-corrected chi connectivity index (χ3v) is 5.14. The zero-order chi connectivity index (χ0) is 12.0. The molecule has 2 atom stereocenters. The highest BCUT2D eigenvalue weighted by Gasteiger charge is 2.30. The van der Waals surface area contributed by atoms with Gasteiger partial charge in [-0.15, -0.1) is 11.3 Å². The van der Waals surface area contributed by atoms with Gasteiger partial charge in [-0.2, -0.15) is 0 Å². The van der Waals surface area contributed by atoms with Crippen molar-refractivity contribution in [3.05, 3.63) is 27.7 Å². The van der Waals surface area contributed by atoms with Gasteiger partial charge >= 0.3 is 0 Å². The summed E-state index contributed by atoms with van der Waals surface area (Å²) in [6.07, 6.45) is 0. The van der Waals surface area contributed by atoms with Crippen molar-refractivity contribution in [1.29, 1.82) is 0 Å². The summed E-state index contributed by atoms with van der Waals surface area (Å²) in [4.78, 5) is 7.20. The van der Waals surface area contributed by atoms with Gasteiger partial charge in [0.1, 0.15) is 0 Å². The number of hydrogen-bond acceptors (Lipinski definition) is 3. The van der Waals surface area contributed by atoms with E-state index < -0.39 is 0 Å². The fraction of sp³-hybridized carbons (Fsp3) is 0.462. The lowest BCUT2D eigenvalue weighted by molar-refractivity contribution is 0.401. The van der Waals surface area contributed by atoms with Gasteiger partial charge in [-0.05, 0) is 31.2 Å². The van der Waals surface area contributed by atoms with E-state index in [0.29, 0.717) is 11.8 Å². The standard InChI is InChI=1S/C13H15BrN2S/c1-8-6-16(2)7-10(8)13-15-11-5-9(14)3-4-12(11)17-13/h3-5,8,10H,6-7H2,1-2H3/t8-,10-/m1/s1. The van der Waals surface area contributed by atoms with Crippen LogP contribution >= 0.6 is 27.3 Å². The van der Waals surface area contributed by atoms with Crippen LogP contribution in [0.3, 0.4) is 0 Å². The van der Waals surface area contributed by atoms with Gasteiger partial charge in [0, 0.05) is 23.5 Å². The molecule has 2 nitrogen and oxygen atoms in total. The Kier molecular flexibility index (Phi) is 2.97. The van der Waals surface area contributed by atoms with Gasteiger partial charge in [-0.1, -0.05) is 22.9 Å². The predicted octanol–water partition coefficient (Wildman–Crippen LogP) is 3.72. The summed E-state index contributed by atoms with van der Waals surface area (Å²) in [6, 6.07) is 6.36. The lowest BCUT2D eigenvalue weighted by Gasteiger charge is -2.09. The Morgan fingerprint density at radius 1 is 1.41 bits per heavy atom. The molecule has 0 unspecified atom stereocenters. The maximum atomic E-state index is 4.80. The number of aromatic nitrogens is 1. The smallest absolute Gasteiger partial charge is 0.0985 e. The van der Waals surface area contributed by atoms with Crippen molar-refractivity contribution in [1.82, 2.24) is 9.88 Å². The first-order valence-electron chi connectivity index (χ1n) is 5.88. The molecule has 17 heavy (non-hydrogen) atoms. The van der Waals surface area contributed by atoms with E-state index in [1.54, 1.807) is 0 Å². The van der Waals surface area contributed by atoms with Crippen LogP contribution in [-0.4, -0.2) is 30.0 Å². The minimum atomic E-state index is 0.608. The normalized spacial score (nSPS) is 25.8. The molecular weight excluding hydrogens is 296 g/mol. The fourth-order valence-electron chi connectivity index (χ4n) is 2.61. The maximum absolute atomic E-state index is 4.80. The monoisotopic (exact) mass is 310 g/mol. The molecule has 1 aliphatic heterocycles. The lowest BCUT2D eigenvalue weighted by atomic mass is 9.99. The van der Waals surface area contributed by atoms with Crippen molar-refractivity contribution in [2.24, 2.45) is 5.92 Å². The average molecular weight is 311 g/mol. The Labute approximate surface area is 114 Å². The number of fused-ring (bicyclic) bond motifs is 1. The second-order valence-corrected chi connectivity index (χ2v) is 6.95. The Morgan fingerprint density at radius 2 is 2.24 bits per heavy atom. The molecule has 2 aromatic rings. The average Bonchev–Trinajstić information content (AvgIpc) is 2.80. The number of benzene rings is 1. The van der Waals surface area contributed by atoms with Crippen LogP contribution in [0.5, 0.6) is 0 Å². The van der Waals surface area contributed by atoms with Gasteiger partial charge < -0.3 is 4.90 Å². The summed E-state index contributed by atoms with van der Waals surface area (Å²) in [5, 5.41) is 1.30. The van der Waals surface area contributed by atoms with E-state index in [9.17, 15) is 0 Å². The number of likely N-dealkylation sites (N-methyl/N-ethyl adjacent to an activating group) is 1. The van der Waals surface area contributed by atoms with Crippen LogP contribution < -0.4 is 0 Å². The highest BCUT2D eigenvalue weighted by molar-refractivity contribution is 9.10. The van der Waals surface area contributed by atoms with Crippen LogP contribution in [0.2, 0.25) is 0 Å². The number of hydrogen-bond donors (Lipinski definition) is 0. The topological polar surface area (TPSA) is 16.1 Å². The van der Waals surface area contributed by atoms with Crippen LogP contribution in [0, 0.1) is 5.92 Å². The minimum Gasteiger partial charge on any atom is -0.305 e. The van der Waals surface area contributed by atoms with Crippen LogP contribution in [0.4, 0.5) is 0 Å². The van der Waals surface area contributed by atoms with Crippen LogP contribution in [0.25, 0.3) is 10.2 Å². The maximum Gasteiger partial charge on any atom is 0.0985 e. The highest BCUT2D eigenvalue weighted by Crippen LogP contribution is 2.36. The molecule has 0 aliphatic carbocycles. The first-order valence-corrected chi connectivity index (χ1v) is 7.49.